The molecule has 1 saturated carbocycles. The van der Waals surface area contributed by atoms with Crippen LogP contribution in [0, 0.1) is 0 Å². The van der Waals surface area contributed by atoms with Crippen LogP contribution in [0.2, 0.25) is 0 Å². The molecule has 1 N–H and O–H groups in total. The molecule has 0 radical (unpaired) electrons. The molecule has 0 atom stereocenters. The molecule has 0 heterocycles. The van der Waals surface area contributed by atoms with Crippen molar-refractivity contribution in [1.29, 1.82) is 0 Å². The van der Waals surface area contributed by atoms with E-state index in [1.807, 2.05) is 12.1 Å². The van der Waals surface area contributed by atoms with Crippen LogP contribution in [0.4, 0.5) is 5.69 Å². The van der Waals surface area contributed by atoms with Gasteiger partial charge >= 0.3 is 5.97 Å². The van der Waals surface area contributed by atoms with Crippen molar-refractivity contribution >= 4 is 27.6 Å². The van der Waals surface area contributed by atoms with Gasteiger partial charge in [0.25, 0.3) is 0 Å². The smallest absolute Gasteiger partial charge is 0.336 e. The number of carbonyl (C=O) groups is 1. The van der Waals surface area contributed by atoms with E-state index in [4.69, 9.17) is 5.11 Å². The second-order valence-corrected chi connectivity index (χ2v) is 5.37. The number of rotatable bonds is 3. The zero-order valence-corrected chi connectivity index (χ0v) is 11.4. The van der Waals surface area contributed by atoms with E-state index in [9.17, 15) is 4.79 Å². The van der Waals surface area contributed by atoms with Crippen molar-refractivity contribution in [1.82, 2.24) is 0 Å². The van der Waals surface area contributed by atoms with Gasteiger partial charge in [0.2, 0.25) is 0 Å². The van der Waals surface area contributed by atoms with Crippen molar-refractivity contribution in [2.24, 2.45) is 0 Å². The second kappa shape index (κ2) is 5.08. The standard InChI is InChI=1S/C13H16BrNO2/c1-15(9-4-2-3-5-9)10-6-7-11(13(16)17)12(14)8-10/h6-9H,2-5H2,1H3,(H,16,17). The highest BCUT2D eigenvalue weighted by atomic mass is 79.9. The van der Waals surface area contributed by atoms with Gasteiger partial charge in [0, 0.05) is 23.2 Å². The van der Waals surface area contributed by atoms with Crippen LogP contribution < -0.4 is 4.90 Å². The molecule has 92 valence electrons. The molecule has 3 nitrogen and oxygen atoms in total. The average Bonchev–Trinajstić information content (AvgIpc) is 2.80. The number of anilines is 1. The Morgan fingerprint density at radius 3 is 2.59 bits per heavy atom. The lowest BCUT2D eigenvalue weighted by Gasteiger charge is -2.26. The van der Waals surface area contributed by atoms with Gasteiger partial charge in [-0.15, -0.1) is 0 Å². The molecule has 1 fully saturated rings. The topological polar surface area (TPSA) is 40.5 Å². The van der Waals surface area contributed by atoms with E-state index >= 15 is 0 Å². The number of aromatic carboxylic acids is 1. The Kier molecular flexibility index (Phi) is 3.72. The van der Waals surface area contributed by atoms with Gasteiger partial charge in [0.1, 0.15) is 0 Å². The Labute approximate surface area is 110 Å². The first-order valence-corrected chi connectivity index (χ1v) is 6.64. The number of halogens is 1. The van der Waals surface area contributed by atoms with Gasteiger partial charge in [-0.1, -0.05) is 12.8 Å². The lowest BCUT2D eigenvalue weighted by Crippen LogP contribution is -2.28. The Morgan fingerprint density at radius 2 is 2.06 bits per heavy atom. The predicted octanol–water partition coefficient (Wildman–Crippen LogP) is 3.53. The Bertz CT molecular complexity index is 427. The van der Waals surface area contributed by atoms with Crippen LogP contribution in [-0.2, 0) is 0 Å². The summed E-state index contributed by atoms with van der Waals surface area (Å²) in [5, 5.41) is 8.96. The molecule has 0 bridgehead atoms. The molecule has 0 aliphatic heterocycles. The maximum atomic E-state index is 10.9. The SMILES string of the molecule is CN(c1ccc(C(=O)O)c(Br)c1)C1CCCC1. The minimum atomic E-state index is -0.896. The van der Waals surface area contributed by atoms with Crippen LogP contribution in [0.25, 0.3) is 0 Å². The van der Waals surface area contributed by atoms with E-state index < -0.39 is 5.97 Å². The van der Waals surface area contributed by atoms with Gasteiger partial charge < -0.3 is 10.0 Å². The van der Waals surface area contributed by atoms with Crippen LogP contribution in [0.3, 0.4) is 0 Å². The Morgan fingerprint density at radius 1 is 1.41 bits per heavy atom. The van der Waals surface area contributed by atoms with E-state index in [2.05, 4.69) is 27.9 Å². The molecular weight excluding hydrogens is 282 g/mol. The molecule has 0 aromatic heterocycles. The zero-order chi connectivity index (χ0) is 12.4. The number of hydrogen-bond acceptors (Lipinski definition) is 2. The normalized spacial score (nSPS) is 16.1. The quantitative estimate of drug-likeness (QED) is 0.928. The summed E-state index contributed by atoms with van der Waals surface area (Å²) >= 11 is 3.32. The number of carboxylic acid groups (broad SMARTS) is 1. The summed E-state index contributed by atoms with van der Waals surface area (Å²) in [5.41, 5.74) is 1.39. The first-order valence-electron chi connectivity index (χ1n) is 5.85. The lowest BCUT2D eigenvalue weighted by atomic mass is 10.1. The number of nitrogens with zero attached hydrogens (tertiary/aromatic N) is 1. The summed E-state index contributed by atoms with van der Waals surface area (Å²) in [7, 11) is 2.08. The Balaban J connectivity index is 2.21. The highest BCUT2D eigenvalue weighted by Gasteiger charge is 2.20. The van der Waals surface area contributed by atoms with Crippen molar-refractivity contribution in [3.05, 3.63) is 28.2 Å². The van der Waals surface area contributed by atoms with Crippen molar-refractivity contribution in [3.8, 4) is 0 Å². The van der Waals surface area contributed by atoms with Gasteiger partial charge in [-0.05, 0) is 47.0 Å². The summed E-state index contributed by atoms with van der Waals surface area (Å²) in [6.45, 7) is 0. The highest BCUT2D eigenvalue weighted by molar-refractivity contribution is 9.10. The number of benzene rings is 1. The van der Waals surface area contributed by atoms with Crippen LogP contribution >= 0.6 is 15.9 Å². The molecule has 0 amide bonds. The molecule has 1 aliphatic carbocycles. The third-order valence-corrected chi connectivity index (χ3v) is 4.12. The largest absolute Gasteiger partial charge is 0.478 e. The summed E-state index contributed by atoms with van der Waals surface area (Å²) in [6, 6.07) is 6.03. The monoisotopic (exact) mass is 297 g/mol. The first kappa shape index (κ1) is 12.4. The fourth-order valence-electron chi connectivity index (χ4n) is 2.40. The minimum absolute atomic E-state index is 0.313. The molecule has 1 aromatic carbocycles. The van der Waals surface area contributed by atoms with Gasteiger partial charge in [0.15, 0.2) is 0 Å². The van der Waals surface area contributed by atoms with E-state index in [1.165, 1.54) is 25.7 Å². The third kappa shape index (κ3) is 2.63. The van der Waals surface area contributed by atoms with Crippen molar-refractivity contribution < 1.29 is 9.90 Å². The third-order valence-electron chi connectivity index (χ3n) is 3.46. The molecule has 1 aromatic rings. The number of hydrogen-bond donors (Lipinski definition) is 1. The summed E-state index contributed by atoms with van der Waals surface area (Å²) in [5.74, 6) is -0.896. The van der Waals surface area contributed by atoms with E-state index in [0.717, 1.165) is 5.69 Å². The summed E-state index contributed by atoms with van der Waals surface area (Å²) in [4.78, 5) is 13.2. The fourth-order valence-corrected chi connectivity index (χ4v) is 2.94. The average molecular weight is 298 g/mol. The van der Waals surface area contributed by atoms with Crippen LogP contribution in [0.5, 0.6) is 0 Å². The molecule has 1 aliphatic rings. The predicted molar refractivity (Wildman–Crippen MR) is 71.8 cm³/mol. The van der Waals surface area contributed by atoms with Crippen LogP contribution in [0.15, 0.2) is 22.7 Å². The maximum absolute atomic E-state index is 10.9. The van der Waals surface area contributed by atoms with Crippen LogP contribution in [0.1, 0.15) is 36.0 Å². The van der Waals surface area contributed by atoms with Gasteiger partial charge in [-0.2, -0.15) is 0 Å². The van der Waals surface area contributed by atoms with Crippen molar-refractivity contribution in [3.63, 3.8) is 0 Å². The second-order valence-electron chi connectivity index (χ2n) is 4.52. The highest BCUT2D eigenvalue weighted by Crippen LogP contribution is 2.29. The molecule has 4 heteroatoms. The zero-order valence-electron chi connectivity index (χ0n) is 9.82. The first-order chi connectivity index (χ1) is 8.09. The summed E-state index contributed by atoms with van der Waals surface area (Å²) in [6.07, 6.45) is 5.05. The van der Waals surface area contributed by atoms with Gasteiger partial charge in [-0.3, -0.25) is 0 Å². The minimum Gasteiger partial charge on any atom is -0.478 e. The molecule has 0 spiro atoms. The number of carboxylic acids is 1. The van der Waals surface area contributed by atoms with Gasteiger partial charge in [0.05, 0.1) is 5.56 Å². The summed E-state index contributed by atoms with van der Waals surface area (Å²) < 4.78 is 0.646. The van der Waals surface area contributed by atoms with E-state index in [0.29, 0.717) is 16.1 Å². The molecule has 0 unspecified atom stereocenters. The molecule has 2 rings (SSSR count). The molecule has 17 heavy (non-hydrogen) atoms. The molecular formula is C13H16BrNO2. The van der Waals surface area contributed by atoms with Crippen LogP contribution in [-0.4, -0.2) is 24.2 Å². The van der Waals surface area contributed by atoms with E-state index in [-0.39, 0.29) is 0 Å². The van der Waals surface area contributed by atoms with E-state index in [1.54, 1.807) is 6.07 Å². The fraction of sp³-hybridized carbons (Fsp3) is 0.462. The van der Waals surface area contributed by atoms with Crippen molar-refractivity contribution in [2.75, 3.05) is 11.9 Å². The Hall–Kier alpha value is -1.03. The van der Waals surface area contributed by atoms with Gasteiger partial charge in [-0.25, -0.2) is 4.79 Å². The van der Waals surface area contributed by atoms with Crippen molar-refractivity contribution in [2.45, 2.75) is 31.7 Å². The lowest BCUT2D eigenvalue weighted by molar-refractivity contribution is 0.0696. The molecule has 0 saturated heterocycles. The maximum Gasteiger partial charge on any atom is 0.336 e.